The maximum Gasteiger partial charge on any atom is 0.410 e. The van der Waals surface area contributed by atoms with Crippen LogP contribution in [0.2, 0.25) is 5.02 Å². The van der Waals surface area contributed by atoms with Gasteiger partial charge in [0.25, 0.3) is 0 Å². The minimum absolute atomic E-state index is 0.178. The first-order valence-corrected chi connectivity index (χ1v) is 11.5. The van der Waals surface area contributed by atoms with E-state index in [4.69, 9.17) is 21.1 Å². The zero-order chi connectivity index (χ0) is 22.9. The van der Waals surface area contributed by atoms with Gasteiger partial charge in [-0.3, -0.25) is 0 Å². The first kappa shape index (κ1) is 22.8. The fraction of sp³-hybridized carbons (Fsp3) is 0.542. The first-order chi connectivity index (χ1) is 15.2. The van der Waals surface area contributed by atoms with Crippen molar-refractivity contribution in [3.8, 4) is 17.0 Å². The summed E-state index contributed by atoms with van der Waals surface area (Å²) < 4.78 is 11.0. The Bertz CT molecular complexity index is 947. The molecule has 2 bridgehead atoms. The summed E-state index contributed by atoms with van der Waals surface area (Å²) in [4.78, 5) is 14.6. The summed E-state index contributed by atoms with van der Waals surface area (Å²) in [6.45, 7) is 6.38. The monoisotopic (exact) mass is 458 g/mol. The van der Waals surface area contributed by atoms with Crippen molar-refractivity contribution < 1.29 is 14.3 Å². The molecule has 4 rings (SSSR count). The number of nitrogens with one attached hydrogen (secondary N) is 1. The highest BCUT2D eigenvalue weighted by atomic mass is 35.5. The van der Waals surface area contributed by atoms with Crippen LogP contribution in [0.15, 0.2) is 30.3 Å². The van der Waals surface area contributed by atoms with Gasteiger partial charge in [-0.1, -0.05) is 11.6 Å². The average Bonchev–Trinajstić information content (AvgIpc) is 3.02. The Morgan fingerprint density at radius 2 is 1.88 bits per heavy atom. The summed E-state index contributed by atoms with van der Waals surface area (Å²) in [5, 5.41) is 13.0. The van der Waals surface area contributed by atoms with Crippen LogP contribution in [0.25, 0.3) is 11.3 Å². The van der Waals surface area contributed by atoms with Crippen LogP contribution in [-0.4, -0.2) is 52.0 Å². The van der Waals surface area contributed by atoms with E-state index in [-0.39, 0.29) is 18.2 Å². The molecule has 8 heteroatoms. The van der Waals surface area contributed by atoms with Crippen LogP contribution < -0.4 is 10.1 Å². The highest BCUT2D eigenvalue weighted by Crippen LogP contribution is 2.37. The molecule has 172 valence electrons. The van der Waals surface area contributed by atoms with Gasteiger partial charge in [-0.2, -0.15) is 10.2 Å². The number of carbonyl (C=O) groups excluding carboxylic acids is 1. The molecule has 0 radical (unpaired) electrons. The second kappa shape index (κ2) is 9.24. The number of benzene rings is 1. The molecule has 2 saturated heterocycles. The molecule has 1 aromatic heterocycles. The van der Waals surface area contributed by atoms with Crippen LogP contribution >= 0.6 is 11.6 Å². The van der Waals surface area contributed by atoms with Gasteiger partial charge >= 0.3 is 6.09 Å². The highest BCUT2D eigenvalue weighted by molar-refractivity contribution is 6.30. The molecular formula is C24H31ClN4O3. The van der Waals surface area contributed by atoms with Gasteiger partial charge in [0.15, 0.2) is 0 Å². The molecular weight excluding hydrogens is 428 g/mol. The number of aromatic nitrogens is 2. The molecule has 2 aromatic rings. The number of hydrogen-bond acceptors (Lipinski definition) is 6. The minimum Gasteiger partial charge on any atom is -0.496 e. The lowest BCUT2D eigenvalue weighted by atomic mass is 9.97. The predicted octanol–water partition coefficient (Wildman–Crippen LogP) is 4.83. The number of halogens is 1. The third-order valence-electron chi connectivity index (χ3n) is 6.07. The summed E-state index contributed by atoms with van der Waals surface area (Å²) in [5.41, 5.74) is 2.01. The molecule has 1 N–H and O–H groups in total. The van der Waals surface area contributed by atoms with Crippen molar-refractivity contribution in [1.29, 1.82) is 0 Å². The number of amides is 1. The van der Waals surface area contributed by atoms with Gasteiger partial charge in [0, 0.05) is 35.3 Å². The highest BCUT2D eigenvalue weighted by Gasteiger charge is 2.44. The number of methoxy groups -OCH3 is 1. The molecule has 0 aliphatic carbocycles. The number of hydrogen-bond donors (Lipinski definition) is 1. The Kier molecular flexibility index (Phi) is 6.58. The maximum absolute atomic E-state index is 12.6. The van der Waals surface area contributed by atoms with Crippen LogP contribution in [0, 0.1) is 0 Å². The lowest BCUT2D eigenvalue weighted by molar-refractivity contribution is 0.00464. The number of carbonyl (C=O) groups is 1. The molecule has 2 aliphatic rings. The minimum atomic E-state index is -0.466. The van der Waals surface area contributed by atoms with Crippen molar-refractivity contribution in [2.24, 2.45) is 0 Å². The summed E-state index contributed by atoms with van der Waals surface area (Å²) in [7, 11) is 1.61. The molecule has 3 heterocycles. The molecule has 2 atom stereocenters. The number of piperidine rings is 1. The average molecular weight is 459 g/mol. The van der Waals surface area contributed by atoms with Gasteiger partial charge < -0.3 is 19.7 Å². The van der Waals surface area contributed by atoms with E-state index < -0.39 is 5.60 Å². The lowest BCUT2D eigenvalue weighted by Crippen LogP contribution is -2.52. The molecule has 2 fully saturated rings. The quantitative estimate of drug-likeness (QED) is 0.691. The van der Waals surface area contributed by atoms with Crippen molar-refractivity contribution in [2.45, 2.75) is 76.7 Å². The van der Waals surface area contributed by atoms with Crippen LogP contribution in [-0.2, 0) is 11.3 Å². The van der Waals surface area contributed by atoms with Crippen molar-refractivity contribution in [3.63, 3.8) is 0 Å². The van der Waals surface area contributed by atoms with E-state index in [2.05, 4.69) is 15.5 Å². The van der Waals surface area contributed by atoms with Crippen LogP contribution in [0.1, 0.15) is 52.1 Å². The van der Waals surface area contributed by atoms with Gasteiger partial charge in [-0.05, 0) is 76.8 Å². The number of rotatable bonds is 5. The predicted molar refractivity (Wildman–Crippen MR) is 124 cm³/mol. The fourth-order valence-corrected chi connectivity index (χ4v) is 4.84. The first-order valence-electron chi connectivity index (χ1n) is 11.1. The molecule has 1 aromatic carbocycles. The standard InChI is InChI=1S/C24H31ClN4O3/c1-24(2,3)32-23(30)29-18-7-8-19(29)13-17(12-18)26-14-16-6-10-21(28-27-16)20-9-5-15(25)11-22(20)31-4/h5-6,9-11,17-19,26H,7-8,12-14H2,1-4H3. The Balaban J connectivity index is 1.34. The van der Waals surface area contributed by atoms with E-state index in [0.717, 1.165) is 42.6 Å². The van der Waals surface area contributed by atoms with Gasteiger partial charge in [-0.15, -0.1) is 0 Å². The van der Waals surface area contributed by atoms with Crippen LogP contribution in [0.5, 0.6) is 5.75 Å². The van der Waals surface area contributed by atoms with Crippen LogP contribution in [0.3, 0.4) is 0 Å². The number of nitrogens with zero attached hydrogens (tertiary/aromatic N) is 3. The second-order valence-corrected chi connectivity index (χ2v) is 10.0. The van der Waals surface area contributed by atoms with E-state index in [1.165, 1.54) is 0 Å². The SMILES string of the molecule is COc1cc(Cl)ccc1-c1ccc(CNC2CC3CCC(C2)N3C(=O)OC(C)(C)C)nn1. The molecule has 2 aliphatic heterocycles. The Morgan fingerprint density at radius 3 is 2.47 bits per heavy atom. The number of ether oxygens (including phenoxy) is 2. The lowest BCUT2D eigenvalue weighted by Gasteiger charge is -2.39. The molecule has 2 unspecified atom stereocenters. The summed E-state index contributed by atoms with van der Waals surface area (Å²) in [6, 6.07) is 10.2. The smallest absolute Gasteiger partial charge is 0.410 e. The Labute approximate surface area is 194 Å². The van der Waals surface area contributed by atoms with Crippen LogP contribution in [0.4, 0.5) is 4.79 Å². The third-order valence-corrected chi connectivity index (χ3v) is 6.30. The molecule has 1 amide bonds. The topological polar surface area (TPSA) is 76.6 Å². The van der Waals surface area contributed by atoms with E-state index in [1.54, 1.807) is 13.2 Å². The van der Waals surface area contributed by atoms with E-state index in [0.29, 0.717) is 23.4 Å². The van der Waals surface area contributed by atoms with E-state index in [9.17, 15) is 4.79 Å². The van der Waals surface area contributed by atoms with Crippen molar-refractivity contribution in [2.75, 3.05) is 7.11 Å². The molecule has 0 saturated carbocycles. The molecule has 0 spiro atoms. The summed E-state index contributed by atoms with van der Waals surface area (Å²) in [6.07, 6.45) is 3.77. The third kappa shape index (κ3) is 5.15. The van der Waals surface area contributed by atoms with Crippen molar-refractivity contribution >= 4 is 17.7 Å². The Hall–Kier alpha value is -2.38. The van der Waals surface area contributed by atoms with E-state index >= 15 is 0 Å². The zero-order valence-corrected chi connectivity index (χ0v) is 19.9. The molecule has 32 heavy (non-hydrogen) atoms. The van der Waals surface area contributed by atoms with Crippen molar-refractivity contribution in [1.82, 2.24) is 20.4 Å². The summed E-state index contributed by atoms with van der Waals surface area (Å²) >= 11 is 6.05. The second-order valence-electron chi connectivity index (χ2n) is 9.58. The van der Waals surface area contributed by atoms with Gasteiger partial charge in [0.1, 0.15) is 11.4 Å². The van der Waals surface area contributed by atoms with Gasteiger partial charge in [-0.25, -0.2) is 4.79 Å². The zero-order valence-electron chi connectivity index (χ0n) is 19.1. The molecule has 7 nitrogen and oxygen atoms in total. The van der Waals surface area contributed by atoms with Crippen molar-refractivity contribution in [3.05, 3.63) is 41.0 Å². The largest absolute Gasteiger partial charge is 0.496 e. The number of fused-ring (bicyclic) bond motifs is 2. The summed E-state index contributed by atoms with van der Waals surface area (Å²) in [5.74, 6) is 0.671. The van der Waals surface area contributed by atoms with E-state index in [1.807, 2.05) is 49.9 Å². The fourth-order valence-electron chi connectivity index (χ4n) is 4.68. The van der Waals surface area contributed by atoms with Gasteiger partial charge in [0.2, 0.25) is 0 Å². The maximum atomic E-state index is 12.6. The Morgan fingerprint density at radius 1 is 1.16 bits per heavy atom. The van der Waals surface area contributed by atoms with Gasteiger partial charge in [0.05, 0.1) is 18.5 Å². The normalized spacial score (nSPS) is 22.7.